The van der Waals surface area contributed by atoms with Gasteiger partial charge in [0.2, 0.25) is 0 Å². The smallest absolute Gasteiger partial charge is 0.412 e. The van der Waals surface area contributed by atoms with Crippen LogP contribution in [-0.4, -0.2) is 17.7 Å². The molecule has 4 aromatic rings. The molecule has 0 spiro atoms. The molecule has 2 heterocycles. The molecule has 0 aliphatic rings. The molecule has 0 fully saturated rings. The van der Waals surface area contributed by atoms with Crippen molar-refractivity contribution in [1.82, 2.24) is 0 Å². The maximum absolute atomic E-state index is 12.4. The topological polar surface area (TPSA) is 117 Å². The summed E-state index contributed by atoms with van der Waals surface area (Å²) in [6.45, 7) is 10.2. The van der Waals surface area contributed by atoms with Gasteiger partial charge in [-0.25, -0.2) is 9.59 Å². The molecule has 198 valence electrons. The zero-order chi connectivity index (χ0) is 27.6. The highest BCUT2D eigenvalue weighted by molar-refractivity contribution is 5.85. The number of esters is 1. The SMILES string of the molecule is CC(=O)Oc1c(C)c(-c2cc3cc(OCc4cccc(NC(=O)OC(C)(C)C)c4)ccc3o2)oc(=O)c1C. The number of hydrogen-bond donors (Lipinski definition) is 1. The third-order valence-electron chi connectivity index (χ3n) is 5.46. The lowest BCUT2D eigenvalue weighted by atomic mass is 10.1. The highest BCUT2D eigenvalue weighted by atomic mass is 16.6. The van der Waals surface area contributed by atoms with E-state index in [1.54, 1.807) is 64.1 Å². The molecule has 0 aliphatic heterocycles. The molecule has 9 nitrogen and oxygen atoms in total. The van der Waals surface area contributed by atoms with Crippen molar-refractivity contribution >= 4 is 28.7 Å². The molecule has 9 heteroatoms. The van der Waals surface area contributed by atoms with Crippen LogP contribution in [0.15, 0.2) is 62.2 Å². The van der Waals surface area contributed by atoms with Gasteiger partial charge in [-0.3, -0.25) is 10.1 Å². The molecule has 0 aliphatic carbocycles. The van der Waals surface area contributed by atoms with Crippen LogP contribution in [0.25, 0.3) is 22.5 Å². The minimum absolute atomic E-state index is 0.164. The largest absolute Gasteiger partial charge is 0.489 e. The van der Waals surface area contributed by atoms with Crippen LogP contribution in [0, 0.1) is 13.8 Å². The molecule has 4 rings (SSSR count). The van der Waals surface area contributed by atoms with E-state index < -0.39 is 23.3 Å². The summed E-state index contributed by atoms with van der Waals surface area (Å²) < 4.78 is 27.9. The van der Waals surface area contributed by atoms with Crippen molar-refractivity contribution in [2.24, 2.45) is 0 Å². The first kappa shape index (κ1) is 26.5. The fourth-order valence-electron chi connectivity index (χ4n) is 3.80. The van der Waals surface area contributed by atoms with Gasteiger partial charge < -0.3 is 23.0 Å². The molecule has 0 saturated heterocycles. The van der Waals surface area contributed by atoms with Crippen molar-refractivity contribution in [3.8, 4) is 23.0 Å². The second kappa shape index (κ2) is 10.5. The number of hydrogen-bond acceptors (Lipinski definition) is 8. The summed E-state index contributed by atoms with van der Waals surface area (Å²) in [6, 6.07) is 14.3. The maximum Gasteiger partial charge on any atom is 0.412 e. The van der Waals surface area contributed by atoms with Gasteiger partial charge in [0.15, 0.2) is 11.5 Å². The van der Waals surface area contributed by atoms with Gasteiger partial charge >= 0.3 is 17.7 Å². The van der Waals surface area contributed by atoms with Crippen LogP contribution >= 0.6 is 0 Å². The van der Waals surface area contributed by atoms with Gasteiger partial charge in [-0.2, -0.15) is 0 Å². The summed E-state index contributed by atoms with van der Waals surface area (Å²) in [6.07, 6.45) is -0.531. The van der Waals surface area contributed by atoms with E-state index in [-0.39, 0.29) is 23.7 Å². The van der Waals surface area contributed by atoms with Crippen LogP contribution in [0.1, 0.15) is 44.4 Å². The normalized spacial score (nSPS) is 11.3. The lowest BCUT2D eigenvalue weighted by Crippen LogP contribution is -2.27. The standard InChI is InChI=1S/C29H29NO8/c1-16-25(35-18(3)31)17(2)27(32)37-26(16)24-14-20-13-22(10-11-23(20)36-24)34-15-19-8-7-9-21(12-19)30-28(33)38-29(4,5)6/h7-14H,15H2,1-6H3,(H,30,33). The lowest BCUT2D eigenvalue weighted by Gasteiger charge is -2.19. The van der Waals surface area contributed by atoms with Gasteiger partial charge in [0, 0.05) is 23.6 Å². The van der Waals surface area contributed by atoms with E-state index in [0.29, 0.717) is 28.3 Å². The first-order chi connectivity index (χ1) is 17.9. The number of nitrogens with one attached hydrogen (secondary N) is 1. The minimum atomic E-state index is -0.616. The number of fused-ring (bicyclic) bond motifs is 1. The van der Waals surface area contributed by atoms with Crippen LogP contribution in [0.5, 0.6) is 11.5 Å². The van der Waals surface area contributed by atoms with Crippen LogP contribution in [0.4, 0.5) is 10.5 Å². The van der Waals surface area contributed by atoms with Gasteiger partial charge in [-0.15, -0.1) is 0 Å². The quantitative estimate of drug-likeness (QED) is 0.286. The Morgan fingerprint density at radius 2 is 1.74 bits per heavy atom. The van der Waals surface area contributed by atoms with Gasteiger partial charge in [0.25, 0.3) is 0 Å². The van der Waals surface area contributed by atoms with Gasteiger partial charge in [0.05, 0.1) is 5.56 Å². The summed E-state index contributed by atoms with van der Waals surface area (Å²) in [4.78, 5) is 35.9. The number of rotatable bonds is 6. The van der Waals surface area contributed by atoms with Crippen molar-refractivity contribution in [2.45, 2.75) is 53.8 Å². The Morgan fingerprint density at radius 3 is 2.45 bits per heavy atom. The van der Waals surface area contributed by atoms with E-state index in [1.165, 1.54) is 13.8 Å². The first-order valence-corrected chi connectivity index (χ1v) is 12.0. The Labute approximate surface area is 219 Å². The zero-order valence-electron chi connectivity index (χ0n) is 22.1. The van der Waals surface area contributed by atoms with Gasteiger partial charge in [-0.1, -0.05) is 12.1 Å². The van der Waals surface area contributed by atoms with E-state index in [4.69, 9.17) is 23.0 Å². The van der Waals surface area contributed by atoms with E-state index >= 15 is 0 Å². The molecule has 0 atom stereocenters. The number of amides is 1. The van der Waals surface area contributed by atoms with Gasteiger partial charge in [-0.05, 0) is 76.6 Å². The lowest BCUT2D eigenvalue weighted by molar-refractivity contribution is -0.132. The average molecular weight is 520 g/mol. The number of benzene rings is 2. The number of ether oxygens (including phenoxy) is 3. The highest BCUT2D eigenvalue weighted by Gasteiger charge is 2.21. The summed E-state index contributed by atoms with van der Waals surface area (Å²) in [5.74, 6) is 0.728. The van der Waals surface area contributed by atoms with Crippen LogP contribution in [-0.2, 0) is 16.1 Å². The number of anilines is 1. The number of carbonyl (C=O) groups excluding carboxylic acids is 2. The second-order valence-electron chi connectivity index (χ2n) is 9.82. The molecule has 38 heavy (non-hydrogen) atoms. The summed E-state index contributed by atoms with van der Waals surface area (Å²) in [5, 5.41) is 3.45. The van der Waals surface area contributed by atoms with E-state index in [1.807, 2.05) is 12.1 Å². The Hall–Kier alpha value is -4.53. The molecule has 1 amide bonds. The van der Waals surface area contributed by atoms with Crippen LogP contribution in [0.3, 0.4) is 0 Å². The van der Waals surface area contributed by atoms with Crippen molar-refractivity contribution in [2.75, 3.05) is 5.32 Å². The second-order valence-corrected chi connectivity index (χ2v) is 9.82. The predicted molar refractivity (Wildman–Crippen MR) is 142 cm³/mol. The number of carbonyl (C=O) groups is 2. The van der Waals surface area contributed by atoms with Crippen LogP contribution < -0.4 is 20.4 Å². The molecule has 0 saturated carbocycles. The maximum atomic E-state index is 12.4. The predicted octanol–water partition coefficient (Wildman–Crippen LogP) is 6.52. The summed E-state index contributed by atoms with van der Waals surface area (Å²) in [5.41, 5.74) is 1.48. The fraction of sp³-hybridized carbons (Fsp3) is 0.276. The molecular weight excluding hydrogens is 490 g/mol. The summed E-state index contributed by atoms with van der Waals surface area (Å²) in [7, 11) is 0. The molecule has 0 unspecified atom stereocenters. The van der Waals surface area contributed by atoms with Crippen LogP contribution in [0.2, 0.25) is 0 Å². The van der Waals surface area contributed by atoms with Gasteiger partial charge in [0.1, 0.15) is 29.3 Å². The molecular formula is C29H29NO8. The fourth-order valence-corrected chi connectivity index (χ4v) is 3.80. The molecule has 2 aromatic heterocycles. The molecule has 2 aromatic carbocycles. The minimum Gasteiger partial charge on any atom is -0.489 e. The van der Waals surface area contributed by atoms with Crippen molar-refractivity contribution in [3.05, 3.63) is 75.6 Å². The Kier molecular flexibility index (Phi) is 7.30. The molecule has 1 N–H and O–H groups in total. The monoisotopic (exact) mass is 519 g/mol. The third kappa shape index (κ3) is 6.23. The van der Waals surface area contributed by atoms with E-state index in [0.717, 1.165) is 10.9 Å². The highest BCUT2D eigenvalue weighted by Crippen LogP contribution is 2.35. The molecule has 0 bridgehead atoms. The third-order valence-corrected chi connectivity index (χ3v) is 5.46. The Balaban J connectivity index is 1.52. The van der Waals surface area contributed by atoms with Crippen molar-refractivity contribution < 1.29 is 32.6 Å². The molecule has 0 radical (unpaired) electrons. The number of furan rings is 1. The van der Waals surface area contributed by atoms with Crippen molar-refractivity contribution in [3.63, 3.8) is 0 Å². The van der Waals surface area contributed by atoms with Crippen molar-refractivity contribution in [1.29, 1.82) is 0 Å². The Morgan fingerprint density at radius 1 is 0.974 bits per heavy atom. The first-order valence-electron chi connectivity index (χ1n) is 12.0. The van der Waals surface area contributed by atoms with E-state index in [9.17, 15) is 14.4 Å². The van der Waals surface area contributed by atoms with E-state index in [2.05, 4.69) is 5.32 Å². The Bertz CT molecular complexity index is 1570. The zero-order valence-corrected chi connectivity index (χ0v) is 22.1. The summed E-state index contributed by atoms with van der Waals surface area (Å²) >= 11 is 0. The average Bonchev–Trinajstić information content (AvgIpc) is 3.25.